The Balaban J connectivity index is 2.08. The van der Waals surface area contributed by atoms with Crippen molar-refractivity contribution in [3.05, 3.63) is 64.2 Å². The fourth-order valence-corrected chi connectivity index (χ4v) is 2.64. The summed E-state index contributed by atoms with van der Waals surface area (Å²) in [5.74, 6) is 0.0364. The molecule has 0 aliphatic carbocycles. The predicted octanol–water partition coefficient (Wildman–Crippen LogP) is 4.36. The van der Waals surface area contributed by atoms with Crippen molar-refractivity contribution in [1.29, 1.82) is 0 Å². The minimum Gasteiger partial charge on any atom is -0.325 e. The monoisotopic (exact) mass is 281 g/mol. The fraction of sp³-hybridized carbons (Fsp3) is 0.316. The first kappa shape index (κ1) is 15.3. The second kappa shape index (κ2) is 6.57. The van der Waals surface area contributed by atoms with Gasteiger partial charge >= 0.3 is 0 Å². The Morgan fingerprint density at radius 2 is 1.48 bits per heavy atom. The fourth-order valence-electron chi connectivity index (χ4n) is 2.64. The van der Waals surface area contributed by atoms with Gasteiger partial charge in [-0.3, -0.25) is 4.79 Å². The van der Waals surface area contributed by atoms with Gasteiger partial charge in [-0.15, -0.1) is 0 Å². The Hall–Kier alpha value is -2.09. The molecule has 1 N–H and O–H groups in total. The molecular weight excluding hydrogens is 258 g/mol. The summed E-state index contributed by atoms with van der Waals surface area (Å²) in [5.41, 5.74) is 6.73. The lowest BCUT2D eigenvalue weighted by Gasteiger charge is -2.13. The van der Waals surface area contributed by atoms with Gasteiger partial charge in [-0.2, -0.15) is 0 Å². The van der Waals surface area contributed by atoms with E-state index in [-0.39, 0.29) is 5.91 Å². The van der Waals surface area contributed by atoms with E-state index >= 15 is 0 Å². The molecule has 0 saturated heterocycles. The van der Waals surface area contributed by atoms with E-state index in [9.17, 15) is 4.79 Å². The summed E-state index contributed by atoms with van der Waals surface area (Å²) in [6.45, 7) is 8.27. The van der Waals surface area contributed by atoms with Gasteiger partial charge < -0.3 is 5.32 Å². The van der Waals surface area contributed by atoms with Crippen LogP contribution in [0.2, 0.25) is 0 Å². The molecule has 21 heavy (non-hydrogen) atoms. The van der Waals surface area contributed by atoms with Crippen LogP contribution in [-0.2, 0) is 17.6 Å². The second-order valence-electron chi connectivity index (χ2n) is 5.67. The van der Waals surface area contributed by atoms with Crippen LogP contribution in [0.25, 0.3) is 0 Å². The molecule has 0 aliphatic rings. The summed E-state index contributed by atoms with van der Waals surface area (Å²) in [6.07, 6.45) is 1.44. The number of hydrogen-bond acceptors (Lipinski definition) is 1. The maximum atomic E-state index is 12.2. The SMILES string of the molecule is CCc1ccc(CC(=O)Nc2c(C)cc(C)cc2C)cc1. The Bertz CT molecular complexity index is 618. The molecule has 2 rings (SSSR count). The van der Waals surface area contributed by atoms with Gasteiger partial charge in [0, 0.05) is 5.69 Å². The highest BCUT2D eigenvalue weighted by Gasteiger charge is 2.09. The standard InChI is InChI=1S/C19H23NO/c1-5-16-6-8-17(9-7-16)12-18(21)20-19-14(3)10-13(2)11-15(19)4/h6-11H,5,12H2,1-4H3,(H,20,21). The molecule has 0 unspecified atom stereocenters. The molecule has 0 radical (unpaired) electrons. The summed E-state index contributed by atoms with van der Waals surface area (Å²) in [6, 6.07) is 12.4. The molecule has 110 valence electrons. The molecule has 0 fully saturated rings. The van der Waals surface area contributed by atoms with E-state index in [0.717, 1.165) is 28.8 Å². The average Bonchev–Trinajstić information content (AvgIpc) is 2.43. The van der Waals surface area contributed by atoms with Gasteiger partial charge in [-0.1, -0.05) is 48.9 Å². The van der Waals surface area contributed by atoms with Crippen LogP contribution in [0.4, 0.5) is 5.69 Å². The van der Waals surface area contributed by atoms with Gasteiger partial charge in [0.2, 0.25) is 5.91 Å². The molecule has 0 saturated carbocycles. The zero-order valence-corrected chi connectivity index (χ0v) is 13.3. The van der Waals surface area contributed by atoms with E-state index < -0.39 is 0 Å². The number of aryl methyl sites for hydroxylation is 4. The van der Waals surface area contributed by atoms with E-state index in [1.807, 2.05) is 26.0 Å². The highest BCUT2D eigenvalue weighted by molar-refractivity contribution is 5.93. The van der Waals surface area contributed by atoms with E-state index in [0.29, 0.717) is 6.42 Å². The Labute approximate surface area is 127 Å². The van der Waals surface area contributed by atoms with Crippen molar-refractivity contribution in [2.24, 2.45) is 0 Å². The highest BCUT2D eigenvalue weighted by atomic mass is 16.1. The third-order valence-electron chi connectivity index (χ3n) is 3.74. The number of nitrogens with one attached hydrogen (secondary N) is 1. The summed E-state index contributed by atoms with van der Waals surface area (Å²) in [4.78, 5) is 12.2. The first-order valence-corrected chi connectivity index (χ1v) is 7.45. The van der Waals surface area contributed by atoms with Crippen molar-refractivity contribution in [1.82, 2.24) is 0 Å². The summed E-state index contributed by atoms with van der Waals surface area (Å²) < 4.78 is 0. The number of amides is 1. The van der Waals surface area contributed by atoms with Crippen molar-refractivity contribution in [3.8, 4) is 0 Å². The zero-order valence-electron chi connectivity index (χ0n) is 13.3. The van der Waals surface area contributed by atoms with Crippen LogP contribution in [0.1, 0.15) is 34.7 Å². The van der Waals surface area contributed by atoms with Crippen LogP contribution in [0.15, 0.2) is 36.4 Å². The quantitative estimate of drug-likeness (QED) is 0.886. The molecule has 2 heteroatoms. The Morgan fingerprint density at radius 3 is 2.00 bits per heavy atom. The molecule has 2 aromatic carbocycles. The van der Waals surface area contributed by atoms with Crippen LogP contribution in [0, 0.1) is 20.8 Å². The maximum Gasteiger partial charge on any atom is 0.228 e. The minimum absolute atomic E-state index is 0.0364. The van der Waals surface area contributed by atoms with E-state index in [1.165, 1.54) is 11.1 Å². The van der Waals surface area contributed by atoms with Gasteiger partial charge in [0.1, 0.15) is 0 Å². The zero-order chi connectivity index (χ0) is 15.4. The normalized spacial score (nSPS) is 10.5. The van der Waals surface area contributed by atoms with Crippen LogP contribution >= 0.6 is 0 Å². The first-order chi connectivity index (χ1) is 9.99. The average molecular weight is 281 g/mol. The number of hydrogen-bond donors (Lipinski definition) is 1. The lowest BCUT2D eigenvalue weighted by Crippen LogP contribution is -2.16. The van der Waals surface area contributed by atoms with Crippen LogP contribution in [0.5, 0.6) is 0 Å². The first-order valence-electron chi connectivity index (χ1n) is 7.45. The van der Waals surface area contributed by atoms with Crippen LogP contribution in [-0.4, -0.2) is 5.91 Å². The van der Waals surface area contributed by atoms with Crippen molar-refractivity contribution in [2.45, 2.75) is 40.5 Å². The molecular formula is C19H23NO. The van der Waals surface area contributed by atoms with Crippen molar-refractivity contribution >= 4 is 11.6 Å². The molecule has 0 atom stereocenters. The Morgan fingerprint density at radius 1 is 0.952 bits per heavy atom. The summed E-state index contributed by atoms with van der Waals surface area (Å²) in [7, 11) is 0. The van der Waals surface area contributed by atoms with E-state index in [2.05, 4.69) is 43.4 Å². The maximum absolute atomic E-state index is 12.2. The van der Waals surface area contributed by atoms with Gasteiger partial charge in [-0.25, -0.2) is 0 Å². The van der Waals surface area contributed by atoms with Crippen molar-refractivity contribution in [3.63, 3.8) is 0 Å². The molecule has 0 bridgehead atoms. The van der Waals surface area contributed by atoms with Crippen LogP contribution < -0.4 is 5.32 Å². The number of carbonyl (C=O) groups is 1. The van der Waals surface area contributed by atoms with Gasteiger partial charge in [-0.05, 0) is 49.4 Å². The molecule has 0 spiro atoms. The lowest BCUT2D eigenvalue weighted by atomic mass is 10.0. The minimum atomic E-state index is 0.0364. The second-order valence-corrected chi connectivity index (χ2v) is 5.67. The number of anilines is 1. The molecule has 2 aromatic rings. The Kier molecular flexibility index (Phi) is 4.79. The number of rotatable bonds is 4. The van der Waals surface area contributed by atoms with Gasteiger partial charge in [0.15, 0.2) is 0 Å². The molecule has 1 amide bonds. The summed E-state index contributed by atoms with van der Waals surface area (Å²) >= 11 is 0. The topological polar surface area (TPSA) is 29.1 Å². The van der Waals surface area contributed by atoms with Gasteiger partial charge in [0.05, 0.1) is 6.42 Å². The van der Waals surface area contributed by atoms with Gasteiger partial charge in [0.25, 0.3) is 0 Å². The lowest BCUT2D eigenvalue weighted by molar-refractivity contribution is -0.115. The highest BCUT2D eigenvalue weighted by Crippen LogP contribution is 2.22. The third-order valence-corrected chi connectivity index (χ3v) is 3.74. The predicted molar refractivity (Wildman–Crippen MR) is 88.8 cm³/mol. The van der Waals surface area contributed by atoms with Crippen molar-refractivity contribution < 1.29 is 4.79 Å². The van der Waals surface area contributed by atoms with E-state index in [1.54, 1.807) is 0 Å². The molecule has 0 aliphatic heterocycles. The molecule has 0 aromatic heterocycles. The third kappa shape index (κ3) is 3.94. The molecule has 0 heterocycles. The van der Waals surface area contributed by atoms with Crippen LogP contribution in [0.3, 0.4) is 0 Å². The smallest absolute Gasteiger partial charge is 0.228 e. The number of carbonyl (C=O) groups excluding carboxylic acids is 1. The summed E-state index contributed by atoms with van der Waals surface area (Å²) in [5, 5.41) is 3.04. The van der Waals surface area contributed by atoms with E-state index in [4.69, 9.17) is 0 Å². The van der Waals surface area contributed by atoms with Crippen molar-refractivity contribution in [2.75, 3.05) is 5.32 Å². The number of benzene rings is 2. The largest absolute Gasteiger partial charge is 0.325 e. The molecule has 2 nitrogen and oxygen atoms in total.